The maximum atomic E-state index is 12.4. The van der Waals surface area contributed by atoms with Gasteiger partial charge >= 0.3 is 0 Å². The van der Waals surface area contributed by atoms with Gasteiger partial charge in [0.2, 0.25) is 5.91 Å². The third-order valence-electron chi connectivity index (χ3n) is 3.60. The van der Waals surface area contributed by atoms with Gasteiger partial charge in [0.05, 0.1) is 6.07 Å². The zero-order valence-electron chi connectivity index (χ0n) is 13.1. The van der Waals surface area contributed by atoms with E-state index in [-0.39, 0.29) is 18.7 Å². The van der Waals surface area contributed by atoms with Crippen LogP contribution < -0.4 is 11.1 Å². The summed E-state index contributed by atoms with van der Waals surface area (Å²) in [6.07, 6.45) is -0.265. The zero-order valence-corrected chi connectivity index (χ0v) is 14.6. The number of nitriles is 1. The van der Waals surface area contributed by atoms with E-state index in [1.807, 2.05) is 6.07 Å². The Bertz CT molecular complexity index is 831. The van der Waals surface area contributed by atoms with Crippen LogP contribution in [-0.2, 0) is 15.1 Å². The second-order valence-corrected chi connectivity index (χ2v) is 6.28. The minimum atomic E-state index is -1.82. The lowest BCUT2D eigenvalue weighted by Crippen LogP contribution is -2.43. The Kier molecular flexibility index (Phi) is 6.16. The molecule has 0 fully saturated rings. The number of nitrogens with zero attached hydrogens (tertiary/aromatic N) is 1. The fourth-order valence-corrected chi connectivity index (χ4v) is 2.53. The van der Waals surface area contributed by atoms with Gasteiger partial charge in [0, 0.05) is 28.6 Å². The van der Waals surface area contributed by atoms with E-state index in [0.717, 1.165) is 0 Å². The van der Waals surface area contributed by atoms with Crippen LogP contribution in [0.2, 0.25) is 10.0 Å². The quantitative estimate of drug-likeness (QED) is 0.804. The largest absolute Gasteiger partial charge is 0.326 e. The molecule has 1 amide bonds. The SMILES string of the molecule is N#C[C@](N)(C(=O)CCC(=O)Nc1cccc(Cl)c1)c1ccc(Cl)cc1. The number of ketones is 1. The number of hydrogen-bond acceptors (Lipinski definition) is 4. The van der Waals surface area contributed by atoms with Gasteiger partial charge in [0.15, 0.2) is 11.3 Å². The highest BCUT2D eigenvalue weighted by Crippen LogP contribution is 2.23. The molecule has 2 aromatic rings. The number of halogens is 2. The number of carbonyl (C=O) groups excluding carboxylic acids is 2. The molecule has 0 spiro atoms. The normalized spacial score (nSPS) is 12.7. The molecular weight excluding hydrogens is 361 g/mol. The first-order chi connectivity index (χ1) is 11.8. The zero-order chi connectivity index (χ0) is 18.4. The van der Waals surface area contributed by atoms with Gasteiger partial charge in [0.1, 0.15) is 0 Å². The van der Waals surface area contributed by atoms with Gasteiger partial charge in [-0.15, -0.1) is 0 Å². The van der Waals surface area contributed by atoms with Gasteiger partial charge in [-0.1, -0.05) is 41.4 Å². The minimum absolute atomic E-state index is 0.0977. The number of benzene rings is 2. The molecule has 3 N–H and O–H groups in total. The van der Waals surface area contributed by atoms with E-state index >= 15 is 0 Å². The molecule has 0 aromatic heterocycles. The van der Waals surface area contributed by atoms with Crippen LogP contribution >= 0.6 is 23.2 Å². The Balaban J connectivity index is 2.01. The number of amides is 1. The van der Waals surface area contributed by atoms with Crippen molar-refractivity contribution in [1.29, 1.82) is 5.26 Å². The fraction of sp³-hybridized carbons (Fsp3) is 0.167. The Morgan fingerprint density at radius 1 is 1.08 bits per heavy atom. The molecule has 0 bridgehead atoms. The molecular formula is C18H15Cl2N3O2. The molecule has 128 valence electrons. The van der Waals surface area contributed by atoms with Crippen molar-refractivity contribution >= 4 is 40.6 Å². The number of anilines is 1. The predicted octanol–water partition coefficient (Wildman–Crippen LogP) is 3.66. The molecule has 2 aromatic carbocycles. The second-order valence-electron chi connectivity index (χ2n) is 5.41. The van der Waals surface area contributed by atoms with Crippen molar-refractivity contribution in [3.63, 3.8) is 0 Å². The highest BCUT2D eigenvalue weighted by Gasteiger charge is 2.35. The first kappa shape index (κ1) is 18.9. The van der Waals surface area contributed by atoms with Crippen molar-refractivity contribution in [2.75, 3.05) is 5.32 Å². The number of nitrogens with two attached hydrogens (primary N) is 1. The molecule has 25 heavy (non-hydrogen) atoms. The third-order valence-corrected chi connectivity index (χ3v) is 4.09. The topological polar surface area (TPSA) is 96.0 Å². The van der Waals surface area contributed by atoms with E-state index < -0.39 is 11.3 Å². The minimum Gasteiger partial charge on any atom is -0.326 e. The summed E-state index contributed by atoms with van der Waals surface area (Å²) < 4.78 is 0. The average molecular weight is 376 g/mol. The molecule has 0 heterocycles. The Morgan fingerprint density at radius 3 is 2.36 bits per heavy atom. The summed E-state index contributed by atoms with van der Waals surface area (Å²) in [4.78, 5) is 24.4. The van der Waals surface area contributed by atoms with Gasteiger partial charge in [-0.3, -0.25) is 9.59 Å². The Morgan fingerprint density at radius 2 is 1.76 bits per heavy atom. The lowest BCUT2D eigenvalue weighted by molar-refractivity contribution is -0.125. The monoisotopic (exact) mass is 375 g/mol. The number of nitrogens with one attached hydrogen (secondary N) is 1. The summed E-state index contributed by atoms with van der Waals surface area (Å²) in [6.45, 7) is 0. The number of carbonyl (C=O) groups is 2. The van der Waals surface area contributed by atoms with Crippen LogP contribution in [-0.4, -0.2) is 11.7 Å². The van der Waals surface area contributed by atoms with Crippen LogP contribution in [0.3, 0.4) is 0 Å². The Labute approximate surface area is 155 Å². The van der Waals surface area contributed by atoms with E-state index in [9.17, 15) is 14.9 Å². The molecule has 5 nitrogen and oxygen atoms in total. The van der Waals surface area contributed by atoms with Gasteiger partial charge < -0.3 is 11.1 Å². The molecule has 7 heteroatoms. The fourth-order valence-electron chi connectivity index (χ4n) is 2.21. The first-order valence-corrected chi connectivity index (χ1v) is 8.15. The Hall–Kier alpha value is -2.39. The van der Waals surface area contributed by atoms with E-state index in [1.54, 1.807) is 36.4 Å². The van der Waals surface area contributed by atoms with Crippen LogP contribution in [0.4, 0.5) is 5.69 Å². The highest BCUT2D eigenvalue weighted by molar-refractivity contribution is 6.31. The average Bonchev–Trinajstić information content (AvgIpc) is 2.59. The molecule has 0 saturated heterocycles. The van der Waals surface area contributed by atoms with Crippen LogP contribution in [0, 0.1) is 11.3 Å². The number of Topliss-reactive ketones (excluding diaryl/α,β-unsaturated/α-hetero) is 1. The van der Waals surface area contributed by atoms with Crippen molar-refractivity contribution in [1.82, 2.24) is 0 Å². The van der Waals surface area contributed by atoms with Crippen LogP contribution in [0.15, 0.2) is 48.5 Å². The van der Waals surface area contributed by atoms with Crippen molar-refractivity contribution in [3.8, 4) is 6.07 Å². The molecule has 0 radical (unpaired) electrons. The van der Waals surface area contributed by atoms with Crippen molar-refractivity contribution in [2.24, 2.45) is 5.73 Å². The van der Waals surface area contributed by atoms with Gasteiger partial charge in [-0.05, 0) is 35.9 Å². The summed E-state index contributed by atoms with van der Waals surface area (Å²) in [5.41, 5.74) is 5.01. The summed E-state index contributed by atoms with van der Waals surface area (Å²) in [5.74, 6) is -0.912. The predicted molar refractivity (Wildman–Crippen MR) is 97.3 cm³/mol. The van der Waals surface area contributed by atoms with E-state index in [4.69, 9.17) is 28.9 Å². The highest BCUT2D eigenvalue weighted by atomic mass is 35.5. The third kappa shape index (κ3) is 4.80. The van der Waals surface area contributed by atoms with Crippen molar-refractivity contribution in [3.05, 3.63) is 64.1 Å². The number of hydrogen-bond donors (Lipinski definition) is 2. The van der Waals surface area contributed by atoms with Crippen LogP contribution in [0.25, 0.3) is 0 Å². The van der Waals surface area contributed by atoms with E-state index in [2.05, 4.69) is 5.32 Å². The smallest absolute Gasteiger partial charge is 0.224 e. The molecule has 2 rings (SSSR count). The number of rotatable bonds is 6. The van der Waals surface area contributed by atoms with Crippen LogP contribution in [0.1, 0.15) is 18.4 Å². The van der Waals surface area contributed by atoms with Crippen LogP contribution in [0.5, 0.6) is 0 Å². The lowest BCUT2D eigenvalue weighted by atomic mass is 9.86. The molecule has 0 aliphatic rings. The van der Waals surface area contributed by atoms with E-state index in [1.165, 1.54) is 12.1 Å². The lowest BCUT2D eigenvalue weighted by Gasteiger charge is -2.20. The summed E-state index contributed by atoms with van der Waals surface area (Å²) >= 11 is 11.7. The molecule has 0 saturated carbocycles. The second kappa shape index (κ2) is 8.13. The molecule has 1 atom stereocenters. The van der Waals surface area contributed by atoms with E-state index in [0.29, 0.717) is 21.3 Å². The standard InChI is InChI=1S/C18H15Cl2N3O2/c19-13-6-4-12(5-7-13)18(22,11-21)16(24)8-9-17(25)23-15-3-1-2-14(20)10-15/h1-7,10H,8-9,22H2,(H,23,25)/t18-/m1/s1. The summed E-state index contributed by atoms with van der Waals surface area (Å²) in [7, 11) is 0. The molecule has 0 aliphatic heterocycles. The first-order valence-electron chi connectivity index (χ1n) is 7.40. The van der Waals surface area contributed by atoms with Gasteiger partial charge in [-0.25, -0.2) is 0 Å². The maximum absolute atomic E-state index is 12.4. The maximum Gasteiger partial charge on any atom is 0.224 e. The van der Waals surface area contributed by atoms with Crippen molar-refractivity contribution < 1.29 is 9.59 Å². The van der Waals surface area contributed by atoms with Gasteiger partial charge in [-0.2, -0.15) is 5.26 Å². The summed E-state index contributed by atoms with van der Waals surface area (Å²) in [5, 5.41) is 13.0. The molecule has 0 aliphatic carbocycles. The summed E-state index contributed by atoms with van der Waals surface area (Å²) in [6, 6.07) is 14.6. The molecule has 0 unspecified atom stereocenters. The van der Waals surface area contributed by atoms with Gasteiger partial charge in [0.25, 0.3) is 0 Å². The van der Waals surface area contributed by atoms with Crippen molar-refractivity contribution in [2.45, 2.75) is 18.4 Å².